The molecule has 0 radical (unpaired) electrons. The molecule has 68 heavy (non-hydrogen) atoms. The Morgan fingerprint density at radius 3 is 1.62 bits per heavy atom. The highest BCUT2D eigenvalue weighted by atomic mass is 32.2. The quantitative estimate of drug-likeness (QED) is 0.0255. The smallest absolute Gasteiger partial charge is 0.315 e. The molecule has 0 spiro atoms. The summed E-state index contributed by atoms with van der Waals surface area (Å²) in [6.45, 7) is 6.24. The van der Waals surface area contributed by atoms with E-state index in [0.29, 0.717) is 37.9 Å². The number of aliphatic hydroxyl groups is 3. The molecule has 3 aliphatic heterocycles. The van der Waals surface area contributed by atoms with Crippen molar-refractivity contribution in [2.24, 2.45) is 0 Å². The van der Waals surface area contributed by atoms with Gasteiger partial charge in [0, 0.05) is 37.2 Å². The van der Waals surface area contributed by atoms with Crippen molar-refractivity contribution < 1.29 is 43.9 Å². The lowest BCUT2D eigenvalue weighted by molar-refractivity contribution is -0.300. The maximum atomic E-state index is 12.8. The number of rotatable bonds is 47. The van der Waals surface area contributed by atoms with Gasteiger partial charge in [0.05, 0.1) is 25.3 Å². The van der Waals surface area contributed by atoms with E-state index in [-0.39, 0.29) is 43.3 Å². The maximum Gasteiger partial charge on any atom is 0.315 e. The molecule has 3 fully saturated rings. The number of carbonyl (C=O) groups excluding carboxylic acids is 2. The lowest BCUT2D eigenvalue weighted by Gasteiger charge is -2.40. The summed E-state index contributed by atoms with van der Waals surface area (Å²) >= 11 is 1.86. The summed E-state index contributed by atoms with van der Waals surface area (Å²) in [4.78, 5) is 24.4. The Hall–Kier alpha value is -1.19. The van der Waals surface area contributed by atoms with E-state index in [2.05, 4.69) is 29.8 Å². The predicted octanol–water partition coefficient (Wildman–Crippen LogP) is 11.6. The molecule has 3 rings (SSSR count). The third-order valence-corrected chi connectivity index (χ3v) is 16.0. The van der Waals surface area contributed by atoms with Crippen molar-refractivity contribution in [2.75, 3.05) is 38.7 Å². The molecule has 6 N–H and O–H groups in total. The Morgan fingerprint density at radius 2 is 1.10 bits per heavy atom. The molecule has 0 aliphatic carbocycles. The monoisotopic (exact) mass is 984 g/mol. The standard InChI is InChI=1S/C55H105N3O9S/c1-3-5-7-9-11-13-15-17-19-21-23-25-27-29-31-35-39-64-42-45(65-40-36-32-30-28-26-24-22-20-18-16-14-12-10-8-6-4-2)43-66-54-53(62)52(61)51(60)47(67-54)41-56-49(59)38-34-33-37-48-50-46(44-68-48)57-55(63)58-50/h45-48,50-54,60-62H,3-44H2,1-2H3,(H,56,59)(H2,57,58,63)/t45?,46-,47+,48-,50-,51+,52-,53+,54+/m0/s1. The molecule has 400 valence electrons. The van der Waals surface area contributed by atoms with E-state index in [4.69, 9.17) is 18.9 Å². The van der Waals surface area contributed by atoms with Gasteiger partial charge in [0.2, 0.25) is 5.91 Å². The number of urea groups is 1. The summed E-state index contributed by atoms with van der Waals surface area (Å²) in [6, 6.07) is 0.235. The van der Waals surface area contributed by atoms with Gasteiger partial charge in [-0.1, -0.05) is 213 Å². The van der Waals surface area contributed by atoms with Crippen LogP contribution in [0.5, 0.6) is 0 Å². The Labute approximate surface area is 419 Å². The zero-order valence-corrected chi connectivity index (χ0v) is 44.4. The summed E-state index contributed by atoms with van der Waals surface area (Å²) in [7, 11) is 0. The number of amides is 3. The van der Waals surface area contributed by atoms with Gasteiger partial charge in [-0.25, -0.2) is 4.79 Å². The first-order valence-corrected chi connectivity index (χ1v) is 29.8. The van der Waals surface area contributed by atoms with Gasteiger partial charge >= 0.3 is 6.03 Å². The number of aliphatic hydroxyl groups excluding tert-OH is 3. The molecule has 0 aromatic rings. The highest BCUT2D eigenvalue weighted by Gasteiger charge is 2.45. The number of unbranched alkanes of at least 4 members (excludes halogenated alkanes) is 31. The molecule has 13 heteroatoms. The number of hydrogen-bond donors (Lipinski definition) is 6. The van der Waals surface area contributed by atoms with Gasteiger partial charge < -0.3 is 50.2 Å². The number of thioether (sulfide) groups is 1. The molecule has 3 heterocycles. The van der Waals surface area contributed by atoms with Gasteiger partial charge in [-0.3, -0.25) is 4.79 Å². The Morgan fingerprint density at radius 1 is 0.618 bits per heavy atom. The topological polar surface area (TPSA) is 168 Å². The highest BCUT2D eigenvalue weighted by Crippen LogP contribution is 2.33. The zero-order valence-electron chi connectivity index (χ0n) is 43.6. The minimum absolute atomic E-state index is 0.0226. The molecular weight excluding hydrogens is 879 g/mol. The molecular formula is C55H105N3O9S. The SMILES string of the molecule is CCCCCCCCCCCCCCCCCCOCC(CO[C@@H]1O[C@H](CNC(=O)CCCC[C@@H]2SC[C@@H]3NC(=O)N[C@@H]32)[C@@H](O)[C@H](O)[C@H]1O)OCCCCCCCCCCCCCCCCCC. The van der Waals surface area contributed by atoms with Crippen LogP contribution < -0.4 is 16.0 Å². The number of fused-ring (bicyclic) bond motifs is 1. The molecule has 0 aromatic heterocycles. The second-order valence-electron chi connectivity index (χ2n) is 20.7. The van der Waals surface area contributed by atoms with Crippen LogP contribution in [0.3, 0.4) is 0 Å². The van der Waals surface area contributed by atoms with Crippen molar-refractivity contribution in [3.05, 3.63) is 0 Å². The molecule has 0 saturated carbocycles. The van der Waals surface area contributed by atoms with Gasteiger partial charge in [0.1, 0.15) is 30.5 Å². The minimum Gasteiger partial charge on any atom is -0.388 e. The minimum atomic E-state index is -1.50. The van der Waals surface area contributed by atoms with Gasteiger partial charge in [-0.05, 0) is 25.7 Å². The van der Waals surface area contributed by atoms with E-state index in [9.17, 15) is 24.9 Å². The Kier molecular flexibility index (Phi) is 37.1. The molecule has 0 aromatic carbocycles. The van der Waals surface area contributed by atoms with E-state index in [1.165, 1.54) is 180 Å². The van der Waals surface area contributed by atoms with E-state index in [0.717, 1.165) is 44.3 Å². The molecule has 3 amide bonds. The van der Waals surface area contributed by atoms with Gasteiger partial charge in [0.15, 0.2) is 6.29 Å². The van der Waals surface area contributed by atoms with Crippen LogP contribution in [0.25, 0.3) is 0 Å². The maximum absolute atomic E-state index is 12.8. The fraction of sp³-hybridized carbons (Fsp3) is 0.964. The van der Waals surface area contributed by atoms with Crippen LogP contribution in [-0.4, -0.2) is 120 Å². The third kappa shape index (κ3) is 28.7. The first kappa shape index (κ1) is 61.1. The summed E-state index contributed by atoms with van der Waals surface area (Å²) in [5, 5.41) is 41.5. The van der Waals surface area contributed by atoms with Crippen LogP contribution in [0, 0.1) is 0 Å². The van der Waals surface area contributed by atoms with E-state index in [1.54, 1.807) is 0 Å². The van der Waals surface area contributed by atoms with Crippen LogP contribution in [0.2, 0.25) is 0 Å². The van der Waals surface area contributed by atoms with Crippen molar-refractivity contribution in [1.82, 2.24) is 16.0 Å². The predicted molar refractivity (Wildman–Crippen MR) is 279 cm³/mol. The molecule has 0 bridgehead atoms. The Balaban J connectivity index is 1.30. The lowest BCUT2D eigenvalue weighted by Crippen LogP contribution is -2.60. The number of hydrogen-bond acceptors (Lipinski definition) is 10. The van der Waals surface area contributed by atoms with Crippen LogP contribution in [0.15, 0.2) is 0 Å². The van der Waals surface area contributed by atoms with Crippen LogP contribution in [-0.2, 0) is 23.7 Å². The fourth-order valence-corrected chi connectivity index (χ4v) is 11.6. The van der Waals surface area contributed by atoms with Gasteiger partial charge in [0.25, 0.3) is 0 Å². The average Bonchev–Trinajstić information content (AvgIpc) is 3.90. The highest BCUT2D eigenvalue weighted by molar-refractivity contribution is 8.00. The second-order valence-corrected chi connectivity index (χ2v) is 22.0. The van der Waals surface area contributed by atoms with Gasteiger partial charge in [-0.15, -0.1) is 0 Å². The van der Waals surface area contributed by atoms with E-state index >= 15 is 0 Å². The van der Waals surface area contributed by atoms with Crippen LogP contribution >= 0.6 is 11.8 Å². The first-order chi connectivity index (χ1) is 33.3. The van der Waals surface area contributed by atoms with Crippen LogP contribution in [0.1, 0.15) is 245 Å². The van der Waals surface area contributed by atoms with Crippen LogP contribution in [0.4, 0.5) is 4.79 Å². The molecule has 1 unspecified atom stereocenters. The molecule has 3 aliphatic rings. The summed E-state index contributed by atoms with van der Waals surface area (Å²) in [5.41, 5.74) is 0. The molecule has 3 saturated heterocycles. The molecule has 12 nitrogen and oxygen atoms in total. The van der Waals surface area contributed by atoms with E-state index in [1.807, 2.05) is 11.8 Å². The third-order valence-electron chi connectivity index (χ3n) is 14.5. The average molecular weight is 985 g/mol. The van der Waals surface area contributed by atoms with Crippen molar-refractivity contribution in [3.63, 3.8) is 0 Å². The first-order valence-electron chi connectivity index (χ1n) is 28.8. The number of carbonyl (C=O) groups is 2. The van der Waals surface area contributed by atoms with Crippen molar-refractivity contribution in [2.45, 2.75) is 299 Å². The Bertz CT molecular complexity index is 1210. The number of nitrogens with one attached hydrogen (secondary N) is 3. The second kappa shape index (κ2) is 41.3. The van der Waals surface area contributed by atoms with Gasteiger partial charge in [-0.2, -0.15) is 11.8 Å². The van der Waals surface area contributed by atoms with Crippen molar-refractivity contribution in [1.29, 1.82) is 0 Å². The van der Waals surface area contributed by atoms with Crippen molar-refractivity contribution >= 4 is 23.7 Å². The fourth-order valence-electron chi connectivity index (χ4n) is 10.0. The normalized spacial score (nSPS) is 24.0. The summed E-state index contributed by atoms with van der Waals surface area (Å²) in [6.07, 6.45) is 38.2. The summed E-state index contributed by atoms with van der Waals surface area (Å²) < 4.78 is 24.4. The lowest BCUT2D eigenvalue weighted by atomic mass is 9.98. The number of ether oxygens (including phenoxy) is 4. The largest absolute Gasteiger partial charge is 0.388 e. The summed E-state index contributed by atoms with van der Waals surface area (Å²) in [5.74, 6) is 0.736. The van der Waals surface area contributed by atoms with E-state index < -0.39 is 30.7 Å². The van der Waals surface area contributed by atoms with Crippen molar-refractivity contribution in [3.8, 4) is 0 Å². The zero-order chi connectivity index (χ0) is 48.7. The molecule has 9 atom stereocenters.